The summed E-state index contributed by atoms with van der Waals surface area (Å²) in [6.45, 7) is 4.12. The van der Waals surface area contributed by atoms with Crippen molar-refractivity contribution >= 4 is 45.4 Å². The third-order valence-electron chi connectivity index (χ3n) is 3.77. The molecule has 1 saturated heterocycles. The number of carbonyl (C=O) groups is 1. The van der Waals surface area contributed by atoms with Gasteiger partial charge in [0.25, 0.3) is 5.91 Å². The van der Waals surface area contributed by atoms with E-state index in [1.54, 1.807) is 23.2 Å². The van der Waals surface area contributed by atoms with Crippen LogP contribution in [0.4, 0.5) is 5.13 Å². The highest BCUT2D eigenvalue weighted by atomic mass is 32.2. The van der Waals surface area contributed by atoms with Gasteiger partial charge in [0.2, 0.25) is 5.13 Å². The number of thiazole rings is 1. The highest BCUT2D eigenvalue weighted by Crippen LogP contribution is 2.35. The van der Waals surface area contributed by atoms with Crippen molar-refractivity contribution in [1.29, 1.82) is 0 Å². The van der Waals surface area contributed by atoms with E-state index >= 15 is 0 Å². The maximum atomic E-state index is 12.8. The number of nitrogens with zero attached hydrogens (tertiary/aromatic N) is 3. The van der Waals surface area contributed by atoms with Crippen molar-refractivity contribution in [1.82, 2.24) is 9.88 Å². The molecule has 3 aromatic rings. The zero-order valence-corrected chi connectivity index (χ0v) is 15.9. The van der Waals surface area contributed by atoms with Gasteiger partial charge in [-0.3, -0.25) is 9.69 Å². The quantitative estimate of drug-likeness (QED) is 0.442. The van der Waals surface area contributed by atoms with E-state index in [1.807, 2.05) is 47.8 Å². The van der Waals surface area contributed by atoms with Crippen LogP contribution in [0.1, 0.15) is 5.76 Å². The molecule has 1 fully saturated rings. The van der Waals surface area contributed by atoms with E-state index in [0.29, 0.717) is 27.5 Å². The lowest BCUT2D eigenvalue weighted by atomic mass is 10.2. The Morgan fingerprint density at radius 3 is 2.81 bits per heavy atom. The minimum atomic E-state index is -0.118. The van der Waals surface area contributed by atoms with Gasteiger partial charge >= 0.3 is 0 Å². The Bertz CT molecular complexity index is 1020. The number of amidine groups is 1. The van der Waals surface area contributed by atoms with Crippen molar-refractivity contribution in [2.45, 2.75) is 0 Å². The van der Waals surface area contributed by atoms with Crippen molar-refractivity contribution in [2.75, 3.05) is 6.54 Å². The van der Waals surface area contributed by atoms with Crippen LogP contribution in [0.2, 0.25) is 0 Å². The fourth-order valence-electron chi connectivity index (χ4n) is 2.55. The number of aromatic nitrogens is 1. The minimum absolute atomic E-state index is 0.118. The number of thioether (sulfide) groups is 1. The molecule has 134 valence electrons. The highest BCUT2D eigenvalue weighted by molar-refractivity contribution is 8.18. The van der Waals surface area contributed by atoms with Crippen molar-refractivity contribution in [3.8, 4) is 11.3 Å². The second kappa shape index (κ2) is 7.77. The summed E-state index contributed by atoms with van der Waals surface area (Å²) in [7, 11) is 0. The number of benzene rings is 1. The van der Waals surface area contributed by atoms with Crippen molar-refractivity contribution in [3.05, 3.63) is 77.4 Å². The monoisotopic (exact) mass is 393 g/mol. The molecule has 0 bridgehead atoms. The van der Waals surface area contributed by atoms with E-state index in [2.05, 4.69) is 16.6 Å². The first-order valence-electron chi connectivity index (χ1n) is 8.20. The van der Waals surface area contributed by atoms with Gasteiger partial charge in [-0.15, -0.1) is 17.9 Å². The topological polar surface area (TPSA) is 58.7 Å². The predicted octanol–water partition coefficient (Wildman–Crippen LogP) is 5.19. The molecule has 4 rings (SSSR count). The zero-order chi connectivity index (χ0) is 18.6. The SMILES string of the molecule is C=CCN1C(=O)C(=Cc2ccc(-c3ccccc3)o2)SC1=Nc1nccs1. The number of carbonyl (C=O) groups excluding carboxylic acids is 1. The summed E-state index contributed by atoms with van der Waals surface area (Å²) in [5.74, 6) is 1.27. The summed E-state index contributed by atoms with van der Waals surface area (Å²) in [4.78, 5) is 23.6. The molecule has 1 aliphatic rings. The smallest absolute Gasteiger partial charge is 0.267 e. The Hall–Kier alpha value is -2.90. The largest absolute Gasteiger partial charge is 0.457 e. The van der Waals surface area contributed by atoms with Crippen LogP contribution in [0.3, 0.4) is 0 Å². The summed E-state index contributed by atoms with van der Waals surface area (Å²) >= 11 is 2.73. The summed E-state index contributed by atoms with van der Waals surface area (Å²) in [5, 5.41) is 3.06. The van der Waals surface area contributed by atoms with E-state index < -0.39 is 0 Å². The summed E-state index contributed by atoms with van der Waals surface area (Å²) in [6.07, 6.45) is 5.12. The molecule has 0 aliphatic carbocycles. The fourth-order valence-corrected chi connectivity index (χ4v) is 4.08. The van der Waals surface area contributed by atoms with E-state index in [1.165, 1.54) is 23.1 Å². The predicted molar refractivity (Wildman–Crippen MR) is 111 cm³/mol. The molecular formula is C20H15N3O2S2. The van der Waals surface area contributed by atoms with Crippen LogP contribution in [0.25, 0.3) is 17.4 Å². The molecule has 1 aromatic carbocycles. The molecule has 1 amide bonds. The molecule has 3 heterocycles. The lowest BCUT2D eigenvalue weighted by Gasteiger charge is -2.11. The minimum Gasteiger partial charge on any atom is -0.457 e. The first-order valence-corrected chi connectivity index (χ1v) is 9.90. The number of furan rings is 1. The average molecular weight is 393 g/mol. The summed E-state index contributed by atoms with van der Waals surface area (Å²) in [5.41, 5.74) is 0.992. The zero-order valence-electron chi connectivity index (χ0n) is 14.2. The van der Waals surface area contributed by atoms with E-state index in [9.17, 15) is 4.79 Å². The molecular weight excluding hydrogens is 378 g/mol. The number of rotatable bonds is 5. The van der Waals surface area contributed by atoms with Gasteiger partial charge in [0.1, 0.15) is 11.5 Å². The molecule has 5 nitrogen and oxygen atoms in total. The molecule has 0 atom stereocenters. The molecule has 0 spiro atoms. The molecule has 2 aromatic heterocycles. The molecule has 0 unspecified atom stereocenters. The van der Waals surface area contributed by atoms with Crippen LogP contribution in [0.5, 0.6) is 0 Å². The van der Waals surface area contributed by atoms with E-state index in [-0.39, 0.29) is 5.91 Å². The fraction of sp³-hybridized carbons (Fsp3) is 0.0500. The number of hydrogen-bond donors (Lipinski definition) is 0. The van der Waals surface area contributed by atoms with Gasteiger partial charge in [0.05, 0.1) is 4.91 Å². The van der Waals surface area contributed by atoms with Gasteiger partial charge in [-0.05, 0) is 23.9 Å². The first kappa shape index (κ1) is 17.5. The Kier molecular flexibility index (Phi) is 5.04. The Morgan fingerprint density at radius 1 is 1.22 bits per heavy atom. The van der Waals surface area contributed by atoms with Gasteiger partial charge in [-0.2, -0.15) is 4.99 Å². The van der Waals surface area contributed by atoms with Gasteiger partial charge in [0.15, 0.2) is 5.17 Å². The second-order valence-corrected chi connectivity index (χ2v) is 7.47. The van der Waals surface area contributed by atoms with Crippen molar-refractivity contribution < 1.29 is 9.21 Å². The Balaban J connectivity index is 1.63. The number of amides is 1. The maximum Gasteiger partial charge on any atom is 0.267 e. The van der Waals surface area contributed by atoms with Crippen LogP contribution in [-0.4, -0.2) is 27.5 Å². The van der Waals surface area contributed by atoms with Gasteiger partial charge < -0.3 is 4.42 Å². The van der Waals surface area contributed by atoms with Crippen molar-refractivity contribution in [2.24, 2.45) is 4.99 Å². The lowest BCUT2D eigenvalue weighted by molar-refractivity contribution is -0.121. The van der Waals surface area contributed by atoms with Crippen molar-refractivity contribution in [3.63, 3.8) is 0 Å². The molecule has 1 aliphatic heterocycles. The number of hydrogen-bond acceptors (Lipinski definition) is 6. The standard InChI is InChI=1S/C20H15N3O2S2/c1-2-11-23-18(24)17(27-20(23)22-19-21-10-12-26-19)13-15-8-9-16(25-15)14-6-4-3-5-7-14/h2-10,12-13H,1,11H2. The molecule has 7 heteroatoms. The van der Waals surface area contributed by atoms with Gasteiger partial charge in [-0.1, -0.05) is 36.4 Å². The Labute approximate surface area is 164 Å². The van der Waals surface area contributed by atoms with Crippen LogP contribution in [0.15, 0.2) is 81.0 Å². The second-order valence-electron chi connectivity index (χ2n) is 5.59. The first-order chi connectivity index (χ1) is 13.2. The number of aliphatic imine (C=N–C) groups is 1. The maximum absolute atomic E-state index is 12.8. The normalized spacial score (nSPS) is 17.2. The van der Waals surface area contributed by atoms with Crippen LogP contribution >= 0.6 is 23.1 Å². The third kappa shape index (κ3) is 3.79. The van der Waals surface area contributed by atoms with Crippen LogP contribution in [-0.2, 0) is 4.79 Å². The van der Waals surface area contributed by atoms with Gasteiger partial charge in [0, 0.05) is 29.8 Å². The van der Waals surface area contributed by atoms with Crippen LogP contribution < -0.4 is 0 Å². The summed E-state index contributed by atoms with van der Waals surface area (Å²) < 4.78 is 5.89. The van der Waals surface area contributed by atoms with E-state index in [0.717, 1.165) is 11.3 Å². The average Bonchev–Trinajstić information content (AvgIpc) is 3.42. The molecule has 0 saturated carbocycles. The Morgan fingerprint density at radius 2 is 2.07 bits per heavy atom. The third-order valence-corrected chi connectivity index (χ3v) is 5.44. The van der Waals surface area contributed by atoms with E-state index in [4.69, 9.17) is 4.42 Å². The lowest BCUT2D eigenvalue weighted by Crippen LogP contribution is -2.29. The highest BCUT2D eigenvalue weighted by Gasteiger charge is 2.33. The summed E-state index contributed by atoms with van der Waals surface area (Å²) in [6, 6.07) is 13.6. The molecule has 27 heavy (non-hydrogen) atoms. The van der Waals surface area contributed by atoms with Gasteiger partial charge in [-0.25, -0.2) is 4.98 Å². The molecule has 0 N–H and O–H groups in total. The molecule has 0 radical (unpaired) electrons. The van der Waals surface area contributed by atoms with Crippen LogP contribution in [0, 0.1) is 0 Å².